The van der Waals surface area contributed by atoms with Crippen molar-refractivity contribution in [3.63, 3.8) is 0 Å². The maximum absolute atomic E-state index is 12.1. The Balaban J connectivity index is 2.04. The van der Waals surface area contributed by atoms with Crippen LogP contribution >= 0.6 is 11.6 Å². The molecule has 1 aliphatic heterocycles. The zero-order valence-corrected chi connectivity index (χ0v) is 12.8. The molecule has 0 spiro atoms. The number of hydrogen-bond acceptors (Lipinski definition) is 3. The lowest BCUT2D eigenvalue weighted by atomic mass is 10.1. The smallest absolute Gasteiger partial charge is 0.326 e. The summed E-state index contributed by atoms with van der Waals surface area (Å²) in [5, 5.41) is 12.0. The largest absolute Gasteiger partial charge is 0.480 e. The van der Waals surface area contributed by atoms with Gasteiger partial charge in [-0.3, -0.25) is 9.59 Å². The molecule has 1 fully saturated rings. The van der Waals surface area contributed by atoms with Gasteiger partial charge in [0.1, 0.15) is 6.04 Å². The monoisotopic (exact) mass is 324 g/mol. The molecular weight excluding hydrogens is 308 g/mol. The minimum absolute atomic E-state index is 0.0739. The van der Waals surface area contributed by atoms with E-state index in [1.165, 1.54) is 4.90 Å². The van der Waals surface area contributed by atoms with E-state index in [9.17, 15) is 14.4 Å². The summed E-state index contributed by atoms with van der Waals surface area (Å²) in [4.78, 5) is 36.7. The van der Waals surface area contributed by atoms with Gasteiger partial charge in [-0.15, -0.1) is 0 Å². The number of carbonyl (C=O) groups is 3. The molecule has 0 saturated carbocycles. The summed E-state index contributed by atoms with van der Waals surface area (Å²) >= 11 is 5.81. The number of rotatable bonds is 5. The topological polar surface area (TPSA) is 86.7 Å². The van der Waals surface area contributed by atoms with Gasteiger partial charge in [-0.1, -0.05) is 18.5 Å². The van der Waals surface area contributed by atoms with E-state index in [1.807, 2.05) is 0 Å². The minimum atomic E-state index is -1.07. The molecule has 118 valence electrons. The van der Waals surface area contributed by atoms with E-state index >= 15 is 0 Å². The van der Waals surface area contributed by atoms with Gasteiger partial charge >= 0.3 is 5.97 Å². The van der Waals surface area contributed by atoms with Gasteiger partial charge in [0.15, 0.2) is 0 Å². The second-order valence-corrected chi connectivity index (χ2v) is 5.63. The molecule has 1 heterocycles. The molecule has 1 aromatic carbocycles. The van der Waals surface area contributed by atoms with E-state index in [0.29, 0.717) is 17.1 Å². The van der Waals surface area contributed by atoms with Crippen LogP contribution in [0.1, 0.15) is 19.8 Å². The molecule has 0 aromatic heterocycles. The fourth-order valence-corrected chi connectivity index (χ4v) is 2.51. The molecule has 2 N–H and O–H groups in total. The van der Waals surface area contributed by atoms with E-state index in [4.69, 9.17) is 16.7 Å². The lowest BCUT2D eigenvalue weighted by molar-refractivity contribution is -0.142. The molecule has 1 saturated heterocycles. The molecule has 22 heavy (non-hydrogen) atoms. The predicted octanol–water partition coefficient (Wildman–Crippen LogP) is 1.67. The lowest BCUT2D eigenvalue weighted by Gasteiger charge is -2.18. The Labute approximate surface area is 133 Å². The summed E-state index contributed by atoms with van der Waals surface area (Å²) in [7, 11) is 0. The standard InChI is InChI=1S/C15H17ClN2O4/c1-2-12(15(21)22)17-14(20)9-7-13(19)18(8-9)11-5-3-10(16)4-6-11/h3-6,9,12H,2,7-8H2,1H3,(H,17,20)(H,21,22). The average molecular weight is 325 g/mol. The summed E-state index contributed by atoms with van der Waals surface area (Å²) < 4.78 is 0. The molecule has 7 heteroatoms. The Morgan fingerprint density at radius 3 is 2.59 bits per heavy atom. The van der Waals surface area contributed by atoms with Gasteiger partial charge in [0.25, 0.3) is 0 Å². The van der Waals surface area contributed by atoms with Crippen LogP contribution in [-0.4, -0.2) is 35.5 Å². The Morgan fingerprint density at radius 1 is 1.41 bits per heavy atom. The number of aliphatic carboxylic acids is 1. The van der Waals surface area contributed by atoms with Gasteiger partial charge in [-0.2, -0.15) is 0 Å². The number of amides is 2. The number of benzene rings is 1. The Bertz CT molecular complexity index is 588. The highest BCUT2D eigenvalue weighted by molar-refractivity contribution is 6.30. The number of anilines is 1. The highest BCUT2D eigenvalue weighted by Gasteiger charge is 2.36. The van der Waals surface area contributed by atoms with Crippen LogP contribution in [0.5, 0.6) is 0 Å². The fourth-order valence-electron chi connectivity index (χ4n) is 2.38. The molecule has 2 rings (SSSR count). The maximum atomic E-state index is 12.1. The third-order valence-electron chi connectivity index (χ3n) is 3.66. The van der Waals surface area contributed by atoms with Crippen molar-refractivity contribution in [2.45, 2.75) is 25.8 Å². The number of carboxylic acid groups (broad SMARTS) is 1. The molecule has 1 aliphatic rings. The minimum Gasteiger partial charge on any atom is -0.480 e. The quantitative estimate of drug-likeness (QED) is 0.862. The Morgan fingerprint density at radius 2 is 2.05 bits per heavy atom. The number of nitrogens with zero attached hydrogens (tertiary/aromatic N) is 1. The van der Waals surface area contributed by atoms with Crippen LogP contribution in [0.15, 0.2) is 24.3 Å². The van der Waals surface area contributed by atoms with E-state index < -0.39 is 23.8 Å². The van der Waals surface area contributed by atoms with E-state index in [0.717, 1.165) is 0 Å². The van der Waals surface area contributed by atoms with Gasteiger partial charge in [-0.25, -0.2) is 4.79 Å². The summed E-state index contributed by atoms with van der Waals surface area (Å²) in [5.41, 5.74) is 0.676. The van der Waals surface area contributed by atoms with Gasteiger partial charge in [-0.05, 0) is 30.7 Å². The third-order valence-corrected chi connectivity index (χ3v) is 3.91. The van der Waals surface area contributed by atoms with Crippen LogP contribution in [0.2, 0.25) is 5.02 Å². The van der Waals surface area contributed by atoms with Crippen molar-refractivity contribution in [2.75, 3.05) is 11.4 Å². The molecule has 2 amide bonds. The molecule has 0 bridgehead atoms. The number of nitrogens with one attached hydrogen (secondary N) is 1. The first kappa shape index (κ1) is 16.3. The number of hydrogen-bond donors (Lipinski definition) is 2. The van der Waals surface area contributed by atoms with Crippen molar-refractivity contribution < 1.29 is 19.5 Å². The lowest BCUT2D eigenvalue weighted by Crippen LogP contribution is -2.43. The first-order valence-electron chi connectivity index (χ1n) is 7.01. The van der Waals surface area contributed by atoms with E-state index in [2.05, 4.69) is 5.32 Å². The van der Waals surface area contributed by atoms with Gasteiger partial charge in [0, 0.05) is 23.7 Å². The second-order valence-electron chi connectivity index (χ2n) is 5.19. The molecule has 0 aliphatic carbocycles. The normalized spacial score (nSPS) is 19.1. The SMILES string of the molecule is CCC(NC(=O)C1CC(=O)N(c2ccc(Cl)cc2)C1)C(=O)O. The first-order chi connectivity index (χ1) is 10.4. The molecular formula is C15H17ClN2O4. The van der Waals surface area contributed by atoms with Crippen LogP contribution in [0.3, 0.4) is 0 Å². The predicted molar refractivity (Wildman–Crippen MR) is 81.8 cm³/mol. The third kappa shape index (κ3) is 3.57. The number of carboxylic acids is 1. The van der Waals surface area contributed by atoms with E-state index in [1.54, 1.807) is 31.2 Å². The number of carbonyl (C=O) groups excluding carboxylic acids is 2. The summed E-state index contributed by atoms with van der Waals surface area (Å²) in [6.45, 7) is 1.92. The highest BCUT2D eigenvalue weighted by Crippen LogP contribution is 2.26. The second kappa shape index (κ2) is 6.79. The zero-order valence-electron chi connectivity index (χ0n) is 12.1. The van der Waals surface area contributed by atoms with Crippen molar-refractivity contribution in [1.82, 2.24) is 5.32 Å². The van der Waals surface area contributed by atoms with Crippen LogP contribution in [0.4, 0.5) is 5.69 Å². The van der Waals surface area contributed by atoms with Crippen molar-refractivity contribution in [3.8, 4) is 0 Å². The highest BCUT2D eigenvalue weighted by atomic mass is 35.5. The van der Waals surface area contributed by atoms with Crippen molar-refractivity contribution in [1.29, 1.82) is 0 Å². The zero-order chi connectivity index (χ0) is 16.3. The van der Waals surface area contributed by atoms with Crippen LogP contribution in [0, 0.1) is 5.92 Å². The number of halogens is 1. The van der Waals surface area contributed by atoms with Gasteiger partial charge in [0.05, 0.1) is 5.92 Å². The molecule has 2 unspecified atom stereocenters. The van der Waals surface area contributed by atoms with Crippen molar-refractivity contribution >= 4 is 35.1 Å². The summed E-state index contributed by atoms with van der Waals surface area (Å²) in [6, 6.07) is 5.86. The van der Waals surface area contributed by atoms with E-state index in [-0.39, 0.29) is 18.9 Å². The van der Waals surface area contributed by atoms with Crippen LogP contribution < -0.4 is 10.2 Å². The summed E-state index contributed by atoms with van der Waals surface area (Å²) in [5.74, 6) is -2.18. The van der Waals surface area contributed by atoms with Crippen LogP contribution in [-0.2, 0) is 14.4 Å². The average Bonchev–Trinajstić information content (AvgIpc) is 2.87. The van der Waals surface area contributed by atoms with Crippen LogP contribution in [0.25, 0.3) is 0 Å². The molecule has 1 aromatic rings. The maximum Gasteiger partial charge on any atom is 0.326 e. The molecule has 0 radical (unpaired) electrons. The fraction of sp³-hybridized carbons (Fsp3) is 0.400. The van der Waals surface area contributed by atoms with Crippen molar-refractivity contribution in [2.24, 2.45) is 5.92 Å². The van der Waals surface area contributed by atoms with Gasteiger partial charge < -0.3 is 15.3 Å². The molecule has 6 nitrogen and oxygen atoms in total. The Kier molecular flexibility index (Phi) is 5.03. The van der Waals surface area contributed by atoms with Crippen molar-refractivity contribution in [3.05, 3.63) is 29.3 Å². The summed E-state index contributed by atoms with van der Waals surface area (Å²) in [6.07, 6.45) is 0.368. The first-order valence-corrected chi connectivity index (χ1v) is 7.39. The Hall–Kier alpha value is -2.08. The molecule has 2 atom stereocenters. The van der Waals surface area contributed by atoms with Gasteiger partial charge in [0.2, 0.25) is 11.8 Å².